The lowest BCUT2D eigenvalue weighted by Crippen LogP contribution is -2.26. The molecule has 1 heterocycles. The summed E-state index contributed by atoms with van der Waals surface area (Å²) >= 11 is 0. The number of nitrogens with one attached hydrogen (secondary N) is 1. The van der Waals surface area contributed by atoms with Crippen LogP contribution in [0.5, 0.6) is 0 Å². The third kappa shape index (κ3) is 5.92. The van der Waals surface area contributed by atoms with Gasteiger partial charge < -0.3 is 20.2 Å². The molecule has 0 bridgehead atoms. The molecule has 9 heteroatoms. The van der Waals surface area contributed by atoms with Crippen molar-refractivity contribution in [2.24, 2.45) is 5.73 Å². The number of nitrogens with zero attached hydrogens (tertiary/aromatic N) is 2. The standard InChI is InChI=1S/C26H28N4O5/c1-16(31)28-22(26-30-29-24(35-26)14-23(27)32)12-6-7-13-25(33)34-15-21-19-10-4-2-8-17(19)18-9-3-5-11-20(18)21/h2-5,8-11,21-22H,6-7,12-15H2,1H3,(H2,27,32)(H,28,31)/t22-/m0/s1. The van der Waals surface area contributed by atoms with Crippen molar-refractivity contribution in [2.75, 3.05) is 6.61 Å². The van der Waals surface area contributed by atoms with E-state index in [0.29, 0.717) is 25.9 Å². The molecule has 0 radical (unpaired) electrons. The average molecular weight is 477 g/mol. The first-order valence-electron chi connectivity index (χ1n) is 11.6. The Kier molecular flexibility index (Phi) is 7.54. The summed E-state index contributed by atoms with van der Waals surface area (Å²) in [6.07, 6.45) is 1.80. The molecule has 0 spiro atoms. The summed E-state index contributed by atoms with van der Waals surface area (Å²) in [5.41, 5.74) is 9.88. The predicted octanol–water partition coefficient (Wildman–Crippen LogP) is 3.19. The van der Waals surface area contributed by atoms with Crippen molar-refractivity contribution in [3.63, 3.8) is 0 Å². The van der Waals surface area contributed by atoms with Gasteiger partial charge in [0.05, 0.1) is 0 Å². The fraction of sp³-hybridized carbons (Fsp3) is 0.346. The number of esters is 1. The van der Waals surface area contributed by atoms with Crippen molar-refractivity contribution in [2.45, 2.75) is 51.0 Å². The average Bonchev–Trinajstić information content (AvgIpc) is 3.41. The van der Waals surface area contributed by atoms with E-state index in [9.17, 15) is 14.4 Å². The molecule has 0 saturated carbocycles. The van der Waals surface area contributed by atoms with E-state index in [2.05, 4.69) is 39.8 Å². The minimum Gasteiger partial charge on any atom is -0.465 e. The number of unbranched alkanes of at least 4 members (excludes halogenated alkanes) is 1. The van der Waals surface area contributed by atoms with Gasteiger partial charge in [0, 0.05) is 19.3 Å². The summed E-state index contributed by atoms with van der Waals surface area (Å²) in [4.78, 5) is 35.1. The Morgan fingerprint density at radius 2 is 1.69 bits per heavy atom. The topological polar surface area (TPSA) is 137 Å². The van der Waals surface area contributed by atoms with Gasteiger partial charge in [0.15, 0.2) is 0 Å². The van der Waals surface area contributed by atoms with E-state index in [0.717, 1.165) is 0 Å². The van der Waals surface area contributed by atoms with Gasteiger partial charge >= 0.3 is 5.97 Å². The molecule has 0 unspecified atom stereocenters. The molecule has 3 aromatic rings. The van der Waals surface area contributed by atoms with Crippen molar-refractivity contribution in [1.82, 2.24) is 15.5 Å². The molecule has 1 atom stereocenters. The minimum atomic E-state index is -0.584. The van der Waals surface area contributed by atoms with Crippen LogP contribution in [0.25, 0.3) is 11.1 Å². The fourth-order valence-electron chi connectivity index (χ4n) is 4.44. The van der Waals surface area contributed by atoms with Crippen LogP contribution in [-0.4, -0.2) is 34.6 Å². The van der Waals surface area contributed by atoms with E-state index in [1.54, 1.807) is 0 Å². The lowest BCUT2D eigenvalue weighted by molar-refractivity contribution is -0.144. The molecular formula is C26H28N4O5. The quantitative estimate of drug-likeness (QED) is 0.320. The van der Waals surface area contributed by atoms with Crippen LogP contribution in [0, 0.1) is 0 Å². The Labute approximate surface area is 203 Å². The number of carbonyl (C=O) groups is 3. The number of hydrogen-bond acceptors (Lipinski definition) is 7. The molecule has 35 heavy (non-hydrogen) atoms. The zero-order chi connectivity index (χ0) is 24.8. The van der Waals surface area contributed by atoms with Gasteiger partial charge in [-0.25, -0.2) is 0 Å². The molecule has 1 aliphatic carbocycles. The van der Waals surface area contributed by atoms with E-state index >= 15 is 0 Å². The van der Waals surface area contributed by atoms with Crippen molar-refractivity contribution in [1.29, 1.82) is 0 Å². The minimum absolute atomic E-state index is 0.0302. The number of rotatable bonds is 11. The van der Waals surface area contributed by atoms with Gasteiger partial charge in [-0.1, -0.05) is 55.0 Å². The number of hydrogen-bond donors (Lipinski definition) is 2. The number of aromatic nitrogens is 2. The van der Waals surface area contributed by atoms with Crippen LogP contribution >= 0.6 is 0 Å². The molecule has 182 valence electrons. The number of fused-ring (bicyclic) bond motifs is 3. The van der Waals surface area contributed by atoms with E-state index in [4.69, 9.17) is 14.9 Å². The molecule has 0 aliphatic heterocycles. The van der Waals surface area contributed by atoms with E-state index < -0.39 is 11.9 Å². The largest absolute Gasteiger partial charge is 0.465 e. The van der Waals surface area contributed by atoms with Gasteiger partial charge in [0.2, 0.25) is 23.6 Å². The normalized spacial score (nSPS) is 13.1. The number of amides is 2. The van der Waals surface area contributed by atoms with Crippen LogP contribution in [0.2, 0.25) is 0 Å². The molecule has 0 saturated heterocycles. The fourth-order valence-corrected chi connectivity index (χ4v) is 4.44. The number of primary amides is 1. The predicted molar refractivity (Wildman–Crippen MR) is 127 cm³/mol. The lowest BCUT2D eigenvalue weighted by atomic mass is 9.98. The SMILES string of the molecule is CC(=O)N[C@@H](CCCCC(=O)OCC1c2ccccc2-c2ccccc21)c1nnc(CC(N)=O)o1. The van der Waals surface area contributed by atoms with Gasteiger partial charge in [-0.3, -0.25) is 14.4 Å². The second-order valence-corrected chi connectivity index (χ2v) is 8.59. The third-order valence-electron chi connectivity index (χ3n) is 5.98. The highest BCUT2D eigenvalue weighted by Crippen LogP contribution is 2.44. The molecular weight excluding hydrogens is 448 g/mol. The maximum absolute atomic E-state index is 12.4. The van der Waals surface area contributed by atoms with Crippen LogP contribution in [-0.2, 0) is 25.5 Å². The summed E-state index contributed by atoms with van der Waals surface area (Å²) in [7, 11) is 0. The molecule has 1 aromatic heterocycles. The number of benzene rings is 2. The van der Waals surface area contributed by atoms with Gasteiger partial charge in [0.1, 0.15) is 19.1 Å². The Hall–Kier alpha value is -4.01. The van der Waals surface area contributed by atoms with Crippen LogP contribution < -0.4 is 11.1 Å². The van der Waals surface area contributed by atoms with Crippen LogP contribution in [0.1, 0.15) is 67.5 Å². The lowest BCUT2D eigenvalue weighted by Gasteiger charge is -2.15. The number of nitrogens with two attached hydrogens (primary N) is 1. The monoisotopic (exact) mass is 476 g/mol. The van der Waals surface area contributed by atoms with Crippen molar-refractivity contribution in [3.8, 4) is 11.1 Å². The van der Waals surface area contributed by atoms with Gasteiger partial charge in [-0.05, 0) is 35.1 Å². The molecule has 4 rings (SSSR count). The molecule has 2 amide bonds. The highest BCUT2D eigenvalue weighted by molar-refractivity contribution is 5.79. The van der Waals surface area contributed by atoms with Crippen molar-refractivity contribution in [3.05, 3.63) is 71.4 Å². The summed E-state index contributed by atoms with van der Waals surface area (Å²) in [5.74, 6) is -0.758. The van der Waals surface area contributed by atoms with Crippen molar-refractivity contribution >= 4 is 17.8 Å². The summed E-state index contributed by atoms with van der Waals surface area (Å²) in [6.45, 7) is 1.69. The zero-order valence-corrected chi connectivity index (χ0v) is 19.5. The number of ether oxygens (including phenoxy) is 1. The maximum atomic E-state index is 12.4. The number of carbonyl (C=O) groups excluding carboxylic acids is 3. The maximum Gasteiger partial charge on any atom is 0.305 e. The molecule has 3 N–H and O–H groups in total. The van der Waals surface area contributed by atoms with E-state index in [-0.39, 0.29) is 42.4 Å². The van der Waals surface area contributed by atoms with E-state index in [1.807, 2.05) is 24.3 Å². The Balaban J connectivity index is 1.27. The van der Waals surface area contributed by atoms with Crippen LogP contribution in [0.15, 0.2) is 52.9 Å². The summed E-state index contributed by atoms with van der Waals surface area (Å²) < 4.78 is 11.1. The van der Waals surface area contributed by atoms with Gasteiger partial charge in [-0.15, -0.1) is 10.2 Å². The Bertz CT molecular complexity index is 1180. The highest BCUT2D eigenvalue weighted by Gasteiger charge is 2.29. The summed E-state index contributed by atoms with van der Waals surface area (Å²) in [5, 5.41) is 10.5. The Morgan fingerprint density at radius 3 is 2.31 bits per heavy atom. The molecule has 0 fully saturated rings. The first-order valence-corrected chi connectivity index (χ1v) is 11.6. The highest BCUT2D eigenvalue weighted by atomic mass is 16.5. The Morgan fingerprint density at radius 1 is 1.03 bits per heavy atom. The zero-order valence-electron chi connectivity index (χ0n) is 19.5. The van der Waals surface area contributed by atoms with Gasteiger partial charge in [-0.2, -0.15) is 0 Å². The first kappa shape index (κ1) is 24.1. The molecule has 9 nitrogen and oxygen atoms in total. The van der Waals surface area contributed by atoms with Crippen molar-refractivity contribution < 1.29 is 23.5 Å². The smallest absolute Gasteiger partial charge is 0.305 e. The third-order valence-corrected chi connectivity index (χ3v) is 5.98. The molecule has 1 aliphatic rings. The first-order chi connectivity index (χ1) is 16.9. The van der Waals surface area contributed by atoms with Crippen LogP contribution in [0.3, 0.4) is 0 Å². The second kappa shape index (κ2) is 10.9. The molecule has 2 aromatic carbocycles. The van der Waals surface area contributed by atoms with Crippen LogP contribution in [0.4, 0.5) is 0 Å². The van der Waals surface area contributed by atoms with E-state index in [1.165, 1.54) is 29.2 Å². The van der Waals surface area contributed by atoms with Gasteiger partial charge in [0.25, 0.3) is 0 Å². The second-order valence-electron chi connectivity index (χ2n) is 8.59. The summed E-state index contributed by atoms with van der Waals surface area (Å²) in [6, 6.07) is 15.9.